The molecule has 0 unspecified atom stereocenters. The highest BCUT2D eigenvalue weighted by Gasteiger charge is 2.30. The fourth-order valence-electron chi connectivity index (χ4n) is 4.59. The summed E-state index contributed by atoms with van der Waals surface area (Å²) >= 11 is 0. The maximum absolute atomic E-state index is 13.1. The fourth-order valence-corrected chi connectivity index (χ4v) is 4.59. The van der Waals surface area contributed by atoms with Gasteiger partial charge in [0, 0.05) is 26.2 Å². The van der Waals surface area contributed by atoms with Crippen LogP contribution in [0.5, 0.6) is 0 Å². The zero-order chi connectivity index (χ0) is 20.0. The third-order valence-electron chi connectivity index (χ3n) is 6.49. The van der Waals surface area contributed by atoms with E-state index in [0.29, 0.717) is 25.5 Å². The van der Waals surface area contributed by atoms with Gasteiger partial charge in [0.05, 0.1) is 30.6 Å². The lowest BCUT2D eigenvalue weighted by molar-refractivity contribution is 0.00322. The van der Waals surface area contributed by atoms with Gasteiger partial charge >= 0.3 is 0 Å². The highest BCUT2D eigenvalue weighted by Crippen LogP contribution is 2.32. The molecule has 29 heavy (non-hydrogen) atoms. The molecule has 7 nitrogen and oxygen atoms in total. The van der Waals surface area contributed by atoms with Crippen molar-refractivity contribution >= 4 is 5.91 Å². The van der Waals surface area contributed by atoms with Crippen molar-refractivity contribution in [3.8, 4) is 5.69 Å². The summed E-state index contributed by atoms with van der Waals surface area (Å²) in [6.45, 7) is 9.02. The summed E-state index contributed by atoms with van der Waals surface area (Å²) in [6, 6.07) is 6.48. The number of benzene rings is 1. The molecule has 3 aliphatic rings. The van der Waals surface area contributed by atoms with Crippen molar-refractivity contribution in [1.82, 2.24) is 24.8 Å². The van der Waals surface area contributed by atoms with Gasteiger partial charge in [-0.1, -0.05) is 17.3 Å². The minimum Gasteiger partial charge on any atom is -0.377 e. The highest BCUT2D eigenvalue weighted by atomic mass is 16.5. The number of fused-ring (bicyclic) bond motifs is 1. The number of carbonyl (C=O) groups excluding carboxylic acids is 1. The Kier molecular flexibility index (Phi) is 4.87. The highest BCUT2D eigenvalue weighted by molar-refractivity contribution is 5.93. The van der Waals surface area contributed by atoms with E-state index < -0.39 is 0 Å². The maximum atomic E-state index is 13.1. The second kappa shape index (κ2) is 7.54. The number of rotatable bonds is 4. The standard InChI is InChI=1S/C22H29N5O2/c1-15-14-29-11-10-26(15)22(28)21-16(2)27(24-23-21)20-5-3-4-18-13-25(9-8-19(18)20)12-17-6-7-17/h3-5,15,17H,6-14H2,1-2H3/t15-/m1/s1. The number of aromatic nitrogens is 3. The molecule has 0 bridgehead atoms. The van der Waals surface area contributed by atoms with Crippen LogP contribution in [-0.2, 0) is 17.7 Å². The Morgan fingerprint density at radius 1 is 1.28 bits per heavy atom. The van der Waals surface area contributed by atoms with Crippen LogP contribution in [0.4, 0.5) is 0 Å². The van der Waals surface area contributed by atoms with E-state index in [9.17, 15) is 4.79 Å². The topological polar surface area (TPSA) is 63.5 Å². The van der Waals surface area contributed by atoms with Gasteiger partial charge in [-0.05, 0) is 56.2 Å². The Hall–Kier alpha value is -2.25. The van der Waals surface area contributed by atoms with Crippen molar-refractivity contribution in [3.05, 3.63) is 40.7 Å². The molecule has 2 fully saturated rings. The van der Waals surface area contributed by atoms with E-state index in [2.05, 4.69) is 33.4 Å². The number of ether oxygens (including phenoxy) is 1. The average molecular weight is 396 g/mol. The lowest BCUT2D eigenvalue weighted by Gasteiger charge is -2.32. The first kappa shape index (κ1) is 18.8. The van der Waals surface area contributed by atoms with Crippen molar-refractivity contribution < 1.29 is 9.53 Å². The van der Waals surface area contributed by atoms with Crippen LogP contribution in [0.25, 0.3) is 5.69 Å². The average Bonchev–Trinajstić information content (AvgIpc) is 3.46. The summed E-state index contributed by atoms with van der Waals surface area (Å²) in [5.74, 6) is 0.860. The molecule has 1 atom stereocenters. The molecule has 0 spiro atoms. The van der Waals surface area contributed by atoms with Crippen LogP contribution in [0.1, 0.15) is 47.1 Å². The van der Waals surface area contributed by atoms with Crippen LogP contribution in [-0.4, -0.2) is 69.6 Å². The zero-order valence-corrected chi connectivity index (χ0v) is 17.3. The lowest BCUT2D eigenvalue weighted by Crippen LogP contribution is -2.47. The number of hydrogen-bond donors (Lipinski definition) is 0. The van der Waals surface area contributed by atoms with Gasteiger partial charge < -0.3 is 9.64 Å². The van der Waals surface area contributed by atoms with E-state index in [1.54, 1.807) is 0 Å². The molecule has 1 saturated heterocycles. The molecule has 1 saturated carbocycles. The van der Waals surface area contributed by atoms with Crippen LogP contribution in [0.15, 0.2) is 18.2 Å². The first-order chi connectivity index (χ1) is 14.1. The Balaban J connectivity index is 1.41. The second-order valence-electron chi connectivity index (χ2n) is 8.70. The van der Waals surface area contributed by atoms with Crippen molar-refractivity contribution in [1.29, 1.82) is 0 Å². The van der Waals surface area contributed by atoms with Crippen LogP contribution >= 0.6 is 0 Å². The Morgan fingerprint density at radius 3 is 2.93 bits per heavy atom. The third kappa shape index (κ3) is 3.57. The third-order valence-corrected chi connectivity index (χ3v) is 6.49. The van der Waals surface area contributed by atoms with E-state index in [0.717, 1.165) is 36.8 Å². The number of amides is 1. The van der Waals surface area contributed by atoms with E-state index in [4.69, 9.17) is 4.74 Å². The Labute approximate surface area is 171 Å². The number of morpholine rings is 1. The summed E-state index contributed by atoms with van der Waals surface area (Å²) in [5.41, 5.74) is 5.03. The van der Waals surface area contributed by atoms with Crippen molar-refractivity contribution in [2.45, 2.75) is 45.7 Å². The van der Waals surface area contributed by atoms with Crippen molar-refractivity contribution in [2.24, 2.45) is 5.92 Å². The van der Waals surface area contributed by atoms with Crippen LogP contribution in [0.3, 0.4) is 0 Å². The number of carbonyl (C=O) groups is 1. The predicted molar refractivity (Wildman–Crippen MR) is 109 cm³/mol. The van der Waals surface area contributed by atoms with Crippen molar-refractivity contribution in [3.63, 3.8) is 0 Å². The largest absolute Gasteiger partial charge is 0.377 e. The first-order valence-electron chi connectivity index (χ1n) is 10.8. The molecule has 7 heteroatoms. The maximum Gasteiger partial charge on any atom is 0.276 e. The van der Waals surface area contributed by atoms with Crippen LogP contribution < -0.4 is 0 Å². The van der Waals surface area contributed by atoms with Crippen LogP contribution in [0, 0.1) is 12.8 Å². The summed E-state index contributed by atoms with van der Waals surface area (Å²) in [5, 5.41) is 8.67. The van der Waals surface area contributed by atoms with Gasteiger partial charge in [-0.25, -0.2) is 4.68 Å². The van der Waals surface area contributed by atoms with Gasteiger partial charge in [-0.15, -0.1) is 5.10 Å². The minimum atomic E-state index is -0.0510. The summed E-state index contributed by atoms with van der Waals surface area (Å²) < 4.78 is 7.32. The Morgan fingerprint density at radius 2 is 2.14 bits per heavy atom. The minimum absolute atomic E-state index is 0.0510. The van der Waals surface area contributed by atoms with E-state index in [1.165, 1.54) is 30.5 Å². The Bertz CT molecular complexity index is 920. The summed E-state index contributed by atoms with van der Waals surface area (Å²) in [7, 11) is 0. The molecular formula is C22H29N5O2. The molecule has 1 amide bonds. The molecule has 3 heterocycles. The number of hydrogen-bond acceptors (Lipinski definition) is 5. The molecule has 0 N–H and O–H groups in total. The molecule has 1 aromatic carbocycles. The van der Waals surface area contributed by atoms with Gasteiger partial charge in [-0.2, -0.15) is 0 Å². The smallest absolute Gasteiger partial charge is 0.276 e. The lowest BCUT2D eigenvalue weighted by atomic mass is 9.97. The molecule has 5 rings (SSSR count). The molecular weight excluding hydrogens is 366 g/mol. The second-order valence-corrected chi connectivity index (χ2v) is 8.70. The molecule has 154 valence electrons. The predicted octanol–water partition coefficient (Wildman–Crippen LogP) is 2.20. The van der Waals surface area contributed by atoms with Gasteiger partial charge in [0.2, 0.25) is 0 Å². The molecule has 1 aliphatic carbocycles. The summed E-state index contributed by atoms with van der Waals surface area (Å²) in [4.78, 5) is 17.5. The van der Waals surface area contributed by atoms with Crippen molar-refractivity contribution in [2.75, 3.05) is 32.8 Å². The zero-order valence-electron chi connectivity index (χ0n) is 17.3. The normalized spacial score (nSPS) is 22.6. The van der Waals surface area contributed by atoms with Gasteiger partial charge in [0.25, 0.3) is 5.91 Å². The van der Waals surface area contributed by atoms with E-state index in [-0.39, 0.29) is 11.9 Å². The van der Waals surface area contributed by atoms with Crippen LogP contribution in [0.2, 0.25) is 0 Å². The van der Waals surface area contributed by atoms with Gasteiger partial charge in [-0.3, -0.25) is 9.69 Å². The van der Waals surface area contributed by atoms with E-state index >= 15 is 0 Å². The number of nitrogens with zero attached hydrogens (tertiary/aromatic N) is 5. The van der Waals surface area contributed by atoms with Gasteiger partial charge in [0.1, 0.15) is 0 Å². The summed E-state index contributed by atoms with van der Waals surface area (Å²) in [6.07, 6.45) is 3.79. The van der Waals surface area contributed by atoms with Gasteiger partial charge in [0.15, 0.2) is 5.69 Å². The molecule has 0 radical (unpaired) electrons. The molecule has 1 aromatic heterocycles. The molecule has 2 aromatic rings. The fraction of sp³-hybridized carbons (Fsp3) is 0.591. The first-order valence-corrected chi connectivity index (χ1v) is 10.8. The monoisotopic (exact) mass is 395 g/mol. The quantitative estimate of drug-likeness (QED) is 0.794. The SMILES string of the molecule is Cc1c(C(=O)N2CCOC[C@H]2C)nnn1-c1cccc2c1CCN(CC1CC1)C2. The van der Waals surface area contributed by atoms with E-state index in [1.807, 2.05) is 23.4 Å². The molecule has 2 aliphatic heterocycles.